The van der Waals surface area contributed by atoms with Crippen LogP contribution in [0.1, 0.15) is 5.82 Å². The largest absolute Gasteiger partial charge is 0.356 e. The molecule has 1 aliphatic rings. The van der Waals surface area contributed by atoms with E-state index in [0.29, 0.717) is 18.3 Å². The van der Waals surface area contributed by atoms with Gasteiger partial charge in [0.05, 0.1) is 0 Å². The highest BCUT2D eigenvalue weighted by Crippen LogP contribution is 2.20. The normalized spacial score (nSPS) is 16.9. The van der Waals surface area contributed by atoms with Gasteiger partial charge in [0, 0.05) is 25.1 Å². The van der Waals surface area contributed by atoms with Crippen molar-refractivity contribution in [3.63, 3.8) is 0 Å². The van der Waals surface area contributed by atoms with Gasteiger partial charge in [-0.05, 0) is 13.5 Å². The summed E-state index contributed by atoms with van der Waals surface area (Å²) in [5, 5.41) is 0. The van der Waals surface area contributed by atoms with Crippen molar-refractivity contribution >= 4 is 5.82 Å². The molecule has 0 atom stereocenters. The van der Waals surface area contributed by atoms with Gasteiger partial charge in [0.2, 0.25) is 0 Å². The van der Waals surface area contributed by atoms with Gasteiger partial charge in [-0.2, -0.15) is 0 Å². The summed E-state index contributed by atoms with van der Waals surface area (Å²) in [6.07, 6.45) is 0. The van der Waals surface area contributed by atoms with Gasteiger partial charge in [0.1, 0.15) is 11.6 Å². The van der Waals surface area contributed by atoms with Crippen LogP contribution in [-0.2, 0) is 0 Å². The highest BCUT2D eigenvalue weighted by Gasteiger charge is 2.26. The van der Waals surface area contributed by atoms with E-state index >= 15 is 0 Å². The zero-order valence-corrected chi connectivity index (χ0v) is 8.16. The lowest BCUT2D eigenvalue weighted by atomic mass is 10.0. The van der Waals surface area contributed by atoms with Crippen LogP contribution in [0.4, 0.5) is 5.82 Å². The Balaban J connectivity index is 2.14. The zero-order valence-electron chi connectivity index (χ0n) is 8.16. The molecule has 2 rings (SSSR count). The molecule has 0 unspecified atom stereocenters. The molecule has 0 saturated carbocycles. The molecule has 5 nitrogen and oxygen atoms in total. The van der Waals surface area contributed by atoms with Crippen molar-refractivity contribution in [2.75, 3.05) is 24.5 Å². The molecule has 1 aromatic heterocycles. The van der Waals surface area contributed by atoms with Crippen LogP contribution in [0.3, 0.4) is 0 Å². The van der Waals surface area contributed by atoms with Gasteiger partial charge in [-0.3, -0.25) is 4.79 Å². The van der Waals surface area contributed by atoms with E-state index in [1.165, 1.54) is 6.07 Å². The van der Waals surface area contributed by atoms with Crippen LogP contribution in [0.5, 0.6) is 0 Å². The molecule has 1 aromatic rings. The number of anilines is 1. The molecule has 0 aliphatic carbocycles. The number of aromatic nitrogens is 2. The van der Waals surface area contributed by atoms with Crippen molar-refractivity contribution in [2.45, 2.75) is 6.92 Å². The Kier molecular flexibility index (Phi) is 2.25. The molecule has 0 spiro atoms. The van der Waals surface area contributed by atoms with Gasteiger partial charge in [-0.25, -0.2) is 4.98 Å². The molecule has 0 amide bonds. The summed E-state index contributed by atoms with van der Waals surface area (Å²) in [6, 6.07) is 1.53. The zero-order chi connectivity index (χ0) is 10.1. The Hall–Kier alpha value is -1.36. The fourth-order valence-corrected chi connectivity index (χ4v) is 1.63. The fourth-order valence-electron chi connectivity index (χ4n) is 1.63. The first kappa shape index (κ1) is 9.21. The summed E-state index contributed by atoms with van der Waals surface area (Å²) < 4.78 is 0. The van der Waals surface area contributed by atoms with Crippen LogP contribution >= 0.6 is 0 Å². The number of hydrogen-bond acceptors (Lipinski definition) is 4. The van der Waals surface area contributed by atoms with Crippen LogP contribution < -0.4 is 16.2 Å². The van der Waals surface area contributed by atoms with Crippen LogP contribution in [-0.4, -0.2) is 29.6 Å². The second kappa shape index (κ2) is 3.42. The van der Waals surface area contributed by atoms with Crippen LogP contribution in [0.25, 0.3) is 0 Å². The topological polar surface area (TPSA) is 75.0 Å². The maximum Gasteiger partial charge on any atom is 0.252 e. The quantitative estimate of drug-likeness (QED) is 0.664. The van der Waals surface area contributed by atoms with Crippen molar-refractivity contribution in [3.8, 4) is 0 Å². The summed E-state index contributed by atoms with van der Waals surface area (Å²) in [4.78, 5) is 20.1. The Morgan fingerprint density at radius 3 is 3.00 bits per heavy atom. The monoisotopic (exact) mass is 194 g/mol. The van der Waals surface area contributed by atoms with Gasteiger partial charge in [0.15, 0.2) is 0 Å². The van der Waals surface area contributed by atoms with Gasteiger partial charge < -0.3 is 15.6 Å². The van der Waals surface area contributed by atoms with E-state index in [4.69, 9.17) is 5.73 Å². The van der Waals surface area contributed by atoms with E-state index in [1.807, 2.05) is 0 Å². The average Bonchev–Trinajstić information content (AvgIpc) is 2.00. The number of aryl methyl sites for hydroxylation is 1. The van der Waals surface area contributed by atoms with Crippen molar-refractivity contribution in [3.05, 3.63) is 22.2 Å². The molecular weight excluding hydrogens is 180 g/mol. The molecule has 2 heterocycles. The first-order valence-corrected chi connectivity index (χ1v) is 4.72. The number of nitrogens with one attached hydrogen (secondary N) is 1. The van der Waals surface area contributed by atoms with E-state index < -0.39 is 0 Å². The first-order valence-electron chi connectivity index (χ1n) is 4.72. The Morgan fingerprint density at radius 1 is 1.71 bits per heavy atom. The molecule has 0 bridgehead atoms. The number of H-pyrrole nitrogens is 1. The minimum Gasteiger partial charge on any atom is -0.356 e. The fraction of sp³-hybridized carbons (Fsp3) is 0.556. The predicted molar refractivity (Wildman–Crippen MR) is 54.4 cm³/mol. The van der Waals surface area contributed by atoms with Crippen LogP contribution in [0.2, 0.25) is 0 Å². The highest BCUT2D eigenvalue weighted by molar-refractivity contribution is 5.40. The van der Waals surface area contributed by atoms with E-state index in [2.05, 4.69) is 14.9 Å². The molecule has 3 N–H and O–H groups in total. The first-order chi connectivity index (χ1) is 6.69. The van der Waals surface area contributed by atoms with Gasteiger partial charge in [-0.15, -0.1) is 0 Å². The lowest BCUT2D eigenvalue weighted by Crippen LogP contribution is -2.50. The number of rotatable bonds is 2. The molecule has 1 saturated heterocycles. The summed E-state index contributed by atoms with van der Waals surface area (Å²) in [6.45, 7) is 4.31. The minimum absolute atomic E-state index is 0.0938. The maximum atomic E-state index is 11.2. The molecular formula is C9H14N4O. The number of nitrogens with two attached hydrogens (primary N) is 1. The second-order valence-corrected chi connectivity index (χ2v) is 3.70. The highest BCUT2D eigenvalue weighted by atomic mass is 16.1. The minimum atomic E-state index is -0.0938. The van der Waals surface area contributed by atoms with Gasteiger partial charge >= 0.3 is 0 Å². The standard InChI is InChI=1S/C9H14N4O/c1-6-11-8(2-9(14)12-6)13-4-7(3-10)5-13/h2,7H,3-5,10H2,1H3,(H,11,12,14). The van der Waals surface area contributed by atoms with Crippen molar-refractivity contribution in [1.82, 2.24) is 9.97 Å². The molecule has 1 aliphatic heterocycles. The Labute approximate surface area is 82.0 Å². The second-order valence-electron chi connectivity index (χ2n) is 3.70. The SMILES string of the molecule is Cc1nc(N2CC(CN)C2)cc(=O)[nH]1. The summed E-state index contributed by atoms with van der Waals surface area (Å²) in [5.41, 5.74) is 5.43. The summed E-state index contributed by atoms with van der Waals surface area (Å²) in [7, 11) is 0. The Morgan fingerprint density at radius 2 is 2.43 bits per heavy atom. The summed E-state index contributed by atoms with van der Waals surface area (Å²) in [5.74, 6) is 1.97. The molecule has 76 valence electrons. The molecule has 0 aromatic carbocycles. The van der Waals surface area contributed by atoms with E-state index in [0.717, 1.165) is 18.9 Å². The maximum absolute atomic E-state index is 11.2. The Bertz CT molecular complexity index is 381. The molecule has 0 radical (unpaired) electrons. The number of aromatic amines is 1. The molecule has 14 heavy (non-hydrogen) atoms. The van der Waals surface area contributed by atoms with Crippen molar-refractivity contribution < 1.29 is 0 Å². The van der Waals surface area contributed by atoms with E-state index in [-0.39, 0.29) is 5.56 Å². The smallest absolute Gasteiger partial charge is 0.252 e. The van der Waals surface area contributed by atoms with Gasteiger partial charge in [-0.1, -0.05) is 0 Å². The third kappa shape index (κ3) is 1.63. The number of hydrogen-bond donors (Lipinski definition) is 2. The lowest BCUT2D eigenvalue weighted by Gasteiger charge is -2.39. The predicted octanol–water partition coefficient (Wildman–Crippen LogP) is -0.527. The number of nitrogens with zero attached hydrogens (tertiary/aromatic N) is 2. The average molecular weight is 194 g/mol. The third-order valence-electron chi connectivity index (χ3n) is 2.46. The van der Waals surface area contributed by atoms with Gasteiger partial charge in [0.25, 0.3) is 5.56 Å². The van der Waals surface area contributed by atoms with Crippen LogP contribution in [0.15, 0.2) is 10.9 Å². The lowest BCUT2D eigenvalue weighted by molar-refractivity contribution is 0.416. The van der Waals surface area contributed by atoms with Crippen molar-refractivity contribution in [1.29, 1.82) is 0 Å². The third-order valence-corrected chi connectivity index (χ3v) is 2.46. The van der Waals surface area contributed by atoms with E-state index in [9.17, 15) is 4.79 Å². The molecule has 5 heteroatoms. The summed E-state index contributed by atoms with van der Waals surface area (Å²) >= 11 is 0. The molecule has 1 fully saturated rings. The van der Waals surface area contributed by atoms with Crippen molar-refractivity contribution in [2.24, 2.45) is 11.7 Å². The van der Waals surface area contributed by atoms with E-state index in [1.54, 1.807) is 6.92 Å². The van der Waals surface area contributed by atoms with Crippen LogP contribution in [0, 0.1) is 12.8 Å².